The van der Waals surface area contributed by atoms with Crippen LogP contribution < -0.4 is 10.9 Å². The van der Waals surface area contributed by atoms with Crippen molar-refractivity contribution in [1.82, 2.24) is 9.78 Å². The molecule has 24 heavy (non-hydrogen) atoms. The van der Waals surface area contributed by atoms with Crippen LogP contribution in [-0.2, 0) is 4.79 Å². The lowest BCUT2D eigenvalue weighted by molar-refractivity contribution is -0.113. The van der Waals surface area contributed by atoms with Crippen molar-refractivity contribution in [3.05, 3.63) is 50.8 Å². The molecule has 1 aliphatic rings. The van der Waals surface area contributed by atoms with Gasteiger partial charge in [-0.25, -0.2) is 0 Å². The molecule has 0 aliphatic carbocycles. The fourth-order valence-electron chi connectivity index (χ4n) is 3.02. The summed E-state index contributed by atoms with van der Waals surface area (Å²) in [4.78, 5) is 24.8. The van der Waals surface area contributed by atoms with E-state index in [-0.39, 0.29) is 22.8 Å². The number of hydrogen-bond donors (Lipinski definition) is 2. The van der Waals surface area contributed by atoms with Gasteiger partial charge in [0.1, 0.15) is 5.82 Å². The highest BCUT2D eigenvalue weighted by molar-refractivity contribution is 8.00. The lowest BCUT2D eigenvalue weighted by Gasteiger charge is -2.17. The van der Waals surface area contributed by atoms with E-state index in [0.717, 1.165) is 18.4 Å². The predicted molar refractivity (Wildman–Crippen MR) is 99.1 cm³/mol. The van der Waals surface area contributed by atoms with E-state index in [9.17, 15) is 9.59 Å². The van der Waals surface area contributed by atoms with Gasteiger partial charge in [-0.15, -0.1) is 11.8 Å². The van der Waals surface area contributed by atoms with E-state index in [0.29, 0.717) is 22.2 Å². The number of aromatic amines is 1. The van der Waals surface area contributed by atoms with Crippen molar-refractivity contribution < 1.29 is 4.79 Å². The molecule has 2 aromatic rings. The molecule has 5 nitrogen and oxygen atoms in total. The van der Waals surface area contributed by atoms with Gasteiger partial charge in [-0.05, 0) is 31.0 Å². The summed E-state index contributed by atoms with van der Waals surface area (Å²) in [5.41, 5.74) is 1.42. The van der Waals surface area contributed by atoms with Gasteiger partial charge >= 0.3 is 0 Å². The average molecular weight is 366 g/mol. The first-order valence-corrected chi connectivity index (χ1v) is 9.45. The number of halogens is 1. The zero-order valence-electron chi connectivity index (χ0n) is 13.6. The Morgan fingerprint density at radius 1 is 1.33 bits per heavy atom. The number of thioether (sulfide) groups is 1. The van der Waals surface area contributed by atoms with Gasteiger partial charge in [0.25, 0.3) is 5.56 Å². The summed E-state index contributed by atoms with van der Waals surface area (Å²) >= 11 is 7.43. The maximum absolute atomic E-state index is 12.6. The largest absolute Gasteiger partial charge is 0.310 e. The minimum atomic E-state index is -0.199. The number of nitrogens with zero attached hydrogens (tertiary/aromatic N) is 1. The van der Waals surface area contributed by atoms with Crippen LogP contribution in [0.3, 0.4) is 0 Å². The average Bonchev–Trinajstić information content (AvgIpc) is 2.75. The molecule has 2 N–H and O–H groups in total. The molecule has 0 bridgehead atoms. The standard InChI is InChI=1S/C17H20ClN3O2S/c1-3-4-10(2)21-16-14(17(23)20-21)15(24-9-13(22)19-16)11-5-7-12(18)8-6-11/h5-8,10,15H,3-4,9H2,1-2H3,(H,19,22)(H,20,23). The number of benzene rings is 1. The van der Waals surface area contributed by atoms with Crippen molar-refractivity contribution in [2.75, 3.05) is 11.1 Å². The van der Waals surface area contributed by atoms with E-state index < -0.39 is 0 Å². The minimum Gasteiger partial charge on any atom is -0.310 e. The Kier molecular flexibility index (Phi) is 5.06. The Morgan fingerprint density at radius 3 is 2.71 bits per heavy atom. The highest BCUT2D eigenvalue weighted by Gasteiger charge is 2.31. The van der Waals surface area contributed by atoms with Crippen molar-refractivity contribution in [3.63, 3.8) is 0 Å². The third kappa shape index (κ3) is 3.26. The number of anilines is 1. The summed E-state index contributed by atoms with van der Waals surface area (Å²) < 4.78 is 1.80. The van der Waals surface area contributed by atoms with Crippen LogP contribution in [-0.4, -0.2) is 21.4 Å². The number of aromatic nitrogens is 2. The molecule has 0 radical (unpaired) electrons. The summed E-state index contributed by atoms with van der Waals surface area (Å²) in [7, 11) is 0. The molecule has 7 heteroatoms. The molecular formula is C17H20ClN3O2S. The summed E-state index contributed by atoms with van der Waals surface area (Å²) in [5.74, 6) is 0.814. The van der Waals surface area contributed by atoms with Crippen LogP contribution in [0.15, 0.2) is 29.1 Å². The van der Waals surface area contributed by atoms with Gasteiger partial charge in [0.05, 0.1) is 16.6 Å². The maximum atomic E-state index is 12.6. The van der Waals surface area contributed by atoms with Gasteiger partial charge in [-0.2, -0.15) is 0 Å². The van der Waals surface area contributed by atoms with Crippen molar-refractivity contribution in [2.24, 2.45) is 0 Å². The molecule has 0 saturated carbocycles. The van der Waals surface area contributed by atoms with Crippen LogP contribution in [0.2, 0.25) is 5.02 Å². The first kappa shape index (κ1) is 17.2. The smallest absolute Gasteiger partial charge is 0.270 e. The molecule has 3 rings (SSSR count). The number of fused-ring (bicyclic) bond motifs is 1. The highest BCUT2D eigenvalue weighted by Crippen LogP contribution is 2.40. The quantitative estimate of drug-likeness (QED) is 0.861. The minimum absolute atomic E-state index is 0.0887. The SMILES string of the molecule is CCCC(C)n1[nH]c(=O)c2c1NC(=O)CSC2c1ccc(Cl)cc1. The Bertz CT molecular complexity index is 797. The van der Waals surface area contributed by atoms with Crippen LogP contribution in [0.25, 0.3) is 0 Å². The van der Waals surface area contributed by atoms with Crippen molar-refractivity contribution >= 4 is 35.1 Å². The van der Waals surface area contributed by atoms with Gasteiger partial charge < -0.3 is 5.32 Å². The predicted octanol–water partition coefficient (Wildman–Crippen LogP) is 3.97. The van der Waals surface area contributed by atoms with Crippen molar-refractivity contribution in [1.29, 1.82) is 0 Å². The fourth-order valence-corrected chi connectivity index (χ4v) is 4.27. The van der Waals surface area contributed by atoms with Gasteiger partial charge in [0, 0.05) is 11.1 Å². The molecular weight excluding hydrogens is 346 g/mol. The number of H-pyrrole nitrogens is 1. The molecule has 128 valence electrons. The Labute approximate surface area is 149 Å². The van der Waals surface area contributed by atoms with Crippen LogP contribution in [0.4, 0.5) is 5.82 Å². The van der Waals surface area contributed by atoms with Crippen LogP contribution in [0.5, 0.6) is 0 Å². The van der Waals surface area contributed by atoms with Gasteiger partial charge in [0.15, 0.2) is 0 Å². The van der Waals surface area contributed by atoms with E-state index in [1.165, 1.54) is 11.8 Å². The third-order valence-corrected chi connectivity index (χ3v) is 5.71. The Morgan fingerprint density at radius 2 is 2.04 bits per heavy atom. The monoisotopic (exact) mass is 365 g/mol. The zero-order chi connectivity index (χ0) is 17.3. The third-order valence-electron chi connectivity index (χ3n) is 4.18. The molecule has 2 atom stereocenters. The molecule has 0 fully saturated rings. The van der Waals surface area contributed by atoms with Crippen LogP contribution in [0, 0.1) is 0 Å². The summed E-state index contributed by atoms with van der Waals surface area (Å²) in [5, 5.41) is 6.26. The molecule has 0 saturated heterocycles. The zero-order valence-corrected chi connectivity index (χ0v) is 15.2. The number of rotatable bonds is 4. The number of nitrogens with one attached hydrogen (secondary N) is 2. The second kappa shape index (κ2) is 7.07. The fraction of sp³-hybridized carbons (Fsp3) is 0.412. The van der Waals surface area contributed by atoms with Crippen LogP contribution in [0.1, 0.15) is 49.1 Å². The van der Waals surface area contributed by atoms with Gasteiger partial charge in [-0.1, -0.05) is 37.1 Å². The molecule has 0 spiro atoms. The highest BCUT2D eigenvalue weighted by atomic mass is 35.5. The number of carbonyl (C=O) groups is 1. The van der Waals surface area contributed by atoms with Gasteiger partial charge in [-0.3, -0.25) is 19.4 Å². The first-order chi connectivity index (χ1) is 11.5. The molecule has 1 amide bonds. The van der Waals surface area contributed by atoms with E-state index >= 15 is 0 Å². The molecule has 1 aliphatic heterocycles. The van der Waals surface area contributed by atoms with Gasteiger partial charge in [0.2, 0.25) is 5.91 Å². The van der Waals surface area contributed by atoms with E-state index in [1.807, 2.05) is 31.2 Å². The Hall–Kier alpha value is -1.66. The lowest BCUT2D eigenvalue weighted by atomic mass is 10.1. The van der Waals surface area contributed by atoms with Crippen molar-refractivity contribution in [2.45, 2.75) is 38.0 Å². The second-order valence-electron chi connectivity index (χ2n) is 6.00. The van der Waals surface area contributed by atoms with E-state index in [1.54, 1.807) is 4.68 Å². The number of carbonyl (C=O) groups excluding carboxylic acids is 1. The maximum Gasteiger partial charge on any atom is 0.270 e. The molecule has 1 aromatic carbocycles. The topological polar surface area (TPSA) is 66.9 Å². The van der Waals surface area contributed by atoms with Crippen molar-refractivity contribution in [3.8, 4) is 0 Å². The summed E-state index contributed by atoms with van der Waals surface area (Å²) in [6.45, 7) is 4.14. The number of hydrogen-bond acceptors (Lipinski definition) is 3. The van der Waals surface area contributed by atoms with E-state index in [4.69, 9.17) is 11.6 Å². The normalized spacial score (nSPS) is 18.6. The Balaban J connectivity index is 2.11. The number of amides is 1. The molecule has 2 unspecified atom stereocenters. The summed E-state index contributed by atoms with van der Waals surface area (Å²) in [6.07, 6.45) is 1.92. The van der Waals surface area contributed by atoms with E-state index in [2.05, 4.69) is 17.3 Å². The molecule has 2 heterocycles. The molecule has 1 aromatic heterocycles. The lowest BCUT2D eigenvalue weighted by Crippen LogP contribution is -2.18. The van der Waals surface area contributed by atoms with Crippen LogP contribution >= 0.6 is 23.4 Å². The first-order valence-electron chi connectivity index (χ1n) is 8.02. The summed E-state index contributed by atoms with van der Waals surface area (Å²) in [6, 6.07) is 7.54. The second-order valence-corrected chi connectivity index (χ2v) is 7.53.